The van der Waals surface area contributed by atoms with Crippen LogP contribution in [0.3, 0.4) is 0 Å². The third kappa shape index (κ3) is 4.64. The van der Waals surface area contributed by atoms with Crippen LogP contribution in [0.2, 0.25) is 0 Å². The van der Waals surface area contributed by atoms with Gasteiger partial charge >= 0.3 is 0 Å². The van der Waals surface area contributed by atoms with Crippen LogP contribution in [-0.4, -0.2) is 14.5 Å². The molecule has 5 heteroatoms. The minimum atomic E-state index is 0.680. The molecule has 0 saturated heterocycles. The van der Waals surface area contributed by atoms with E-state index in [2.05, 4.69) is 150 Å². The third-order valence-corrected chi connectivity index (χ3v) is 12.1. The van der Waals surface area contributed by atoms with E-state index in [1.807, 2.05) is 41.7 Å². The van der Waals surface area contributed by atoms with Crippen LogP contribution >= 0.6 is 11.3 Å². The Morgan fingerprint density at radius 2 is 1.16 bits per heavy atom. The van der Waals surface area contributed by atoms with Gasteiger partial charge in [0.05, 0.1) is 22.2 Å². The zero-order chi connectivity index (χ0) is 36.0. The molecule has 55 heavy (non-hydrogen) atoms. The van der Waals surface area contributed by atoms with Crippen LogP contribution in [0.5, 0.6) is 0 Å². The third-order valence-electron chi connectivity index (χ3n) is 11.0. The minimum absolute atomic E-state index is 0.680. The normalized spacial score (nSPS) is 12.0. The maximum atomic E-state index is 6.50. The number of fused-ring (bicyclic) bond motifs is 10. The molecule has 4 heterocycles. The highest BCUT2D eigenvalue weighted by molar-refractivity contribution is 7.25. The molecule has 0 amide bonds. The number of rotatable bonds is 4. The summed E-state index contributed by atoms with van der Waals surface area (Å²) in [6.07, 6.45) is 0. The fraction of sp³-hybridized carbons (Fsp3) is 0. The van der Waals surface area contributed by atoms with Gasteiger partial charge in [0, 0.05) is 63.9 Å². The van der Waals surface area contributed by atoms with Gasteiger partial charge in [0.2, 0.25) is 0 Å². The fourth-order valence-electron chi connectivity index (χ4n) is 8.48. The van der Waals surface area contributed by atoms with Crippen molar-refractivity contribution in [1.82, 2.24) is 14.5 Å². The van der Waals surface area contributed by atoms with Crippen molar-refractivity contribution in [2.75, 3.05) is 0 Å². The molecule has 0 aliphatic heterocycles. The number of nitrogens with zero attached hydrogens (tertiary/aromatic N) is 3. The zero-order valence-corrected chi connectivity index (χ0v) is 30.2. The van der Waals surface area contributed by atoms with Crippen molar-refractivity contribution in [3.8, 4) is 39.5 Å². The zero-order valence-electron chi connectivity index (χ0n) is 29.4. The molecule has 0 radical (unpaired) electrons. The van der Waals surface area contributed by atoms with Crippen LogP contribution < -0.4 is 0 Å². The standard InChI is InChI=1S/C50H29N3OS/c1-3-12-30(13-4-1)49-35-17-7-9-19-41(35)51-50(52-49)36-18-11-20-45-48(36)40-27-32(23-25-44(40)54-45)31-22-24-42-37(26-31)38-29-47-39(34-16-8-10-21-46(34)55-47)28-43(38)53(42)33-14-5-2-6-15-33/h1-29H. The van der Waals surface area contributed by atoms with Gasteiger partial charge in [0.15, 0.2) is 5.82 Å². The highest BCUT2D eigenvalue weighted by Crippen LogP contribution is 2.43. The molecule has 0 aliphatic carbocycles. The summed E-state index contributed by atoms with van der Waals surface area (Å²) in [5.41, 5.74) is 11.3. The predicted molar refractivity (Wildman–Crippen MR) is 230 cm³/mol. The number of aromatic nitrogens is 3. The molecule has 0 N–H and O–H groups in total. The van der Waals surface area contributed by atoms with Gasteiger partial charge in [0.1, 0.15) is 11.2 Å². The number of furan rings is 1. The fourth-order valence-corrected chi connectivity index (χ4v) is 9.60. The van der Waals surface area contributed by atoms with Crippen LogP contribution in [0.1, 0.15) is 0 Å². The monoisotopic (exact) mass is 719 g/mol. The second kappa shape index (κ2) is 11.7. The van der Waals surface area contributed by atoms with Gasteiger partial charge < -0.3 is 8.98 Å². The maximum absolute atomic E-state index is 6.50. The van der Waals surface area contributed by atoms with Gasteiger partial charge in [-0.25, -0.2) is 9.97 Å². The Morgan fingerprint density at radius 1 is 0.436 bits per heavy atom. The maximum Gasteiger partial charge on any atom is 0.161 e. The van der Waals surface area contributed by atoms with Crippen molar-refractivity contribution in [3.05, 3.63) is 176 Å². The molecule has 0 spiro atoms. The van der Waals surface area contributed by atoms with Crippen LogP contribution in [0.25, 0.3) is 114 Å². The lowest BCUT2D eigenvalue weighted by Crippen LogP contribution is -1.95. The van der Waals surface area contributed by atoms with Gasteiger partial charge in [-0.05, 0) is 77.9 Å². The summed E-state index contributed by atoms with van der Waals surface area (Å²) in [6, 6.07) is 62.4. The van der Waals surface area contributed by atoms with E-state index in [1.165, 1.54) is 42.0 Å². The lowest BCUT2D eigenvalue weighted by atomic mass is 9.99. The van der Waals surface area contributed by atoms with Gasteiger partial charge in [-0.15, -0.1) is 11.3 Å². The summed E-state index contributed by atoms with van der Waals surface area (Å²) in [5, 5.41) is 8.17. The first-order valence-corrected chi connectivity index (χ1v) is 19.3. The van der Waals surface area contributed by atoms with Gasteiger partial charge in [-0.3, -0.25) is 0 Å². The van der Waals surface area contributed by atoms with E-state index in [4.69, 9.17) is 14.4 Å². The molecule has 0 atom stereocenters. The SMILES string of the molecule is c1ccc(-c2nc(-c3cccc4oc5ccc(-c6ccc7c(c6)c6cc8sc9ccccc9c8cc6n7-c6ccccc6)cc5c34)nc3ccccc23)cc1. The Hall–Kier alpha value is -7.08. The van der Waals surface area contributed by atoms with Crippen molar-refractivity contribution in [2.24, 2.45) is 0 Å². The molecule has 0 unspecified atom stereocenters. The number of para-hydroxylation sites is 2. The quantitative estimate of drug-likeness (QED) is 0.182. The van der Waals surface area contributed by atoms with E-state index < -0.39 is 0 Å². The van der Waals surface area contributed by atoms with E-state index in [9.17, 15) is 0 Å². The first-order valence-electron chi connectivity index (χ1n) is 18.5. The molecule has 0 fully saturated rings. The Morgan fingerprint density at radius 3 is 2.04 bits per heavy atom. The highest BCUT2D eigenvalue weighted by Gasteiger charge is 2.20. The summed E-state index contributed by atoms with van der Waals surface area (Å²) in [6.45, 7) is 0. The van der Waals surface area contributed by atoms with Crippen LogP contribution in [-0.2, 0) is 0 Å². The van der Waals surface area contributed by atoms with Crippen molar-refractivity contribution in [1.29, 1.82) is 0 Å². The molecule has 4 nitrogen and oxygen atoms in total. The molecule has 0 saturated carbocycles. The van der Waals surface area contributed by atoms with Crippen LogP contribution in [0.15, 0.2) is 180 Å². The average molecular weight is 720 g/mol. The number of hydrogen-bond acceptors (Lipinski definition) is 4. The Bertz CT molecular complexity index is 3490. The van der Waals surface area contributed by atoms with E-state index in [0.29, 0.717) is 5.82 Å². The van der Waals surface area contributed by atoms with Crippen molar-refractivity contribution >= 4 is 86.2 Å². The predicted octanol–water partition coefficient (Wildman–Crippen LogP) is 14.0. The molecule has 0 aliphatic rings. The van der Waals surface area contributed by atoms with Crippen molar-refractivity contribution in [3.63, 3.8) is 0 Å². The van der Waals surface area contributed by atoms with E-state index >= 15 is 0 Å². The Labute approximate surface area is 319 Å². The smallest absolute Gasteiger partial charge is 0.161 e. The second-order valence-corrected chi connectivity index (χ2v) is 15.2. The average Bonchev–Trinajstić information content (AvgIpc) is 3.91. The summed E-state index contributed by atoms with van der Waals surface area (Å²) in [4.78, 5) is 10.4. The minimum Gasteiger partial charge on any atom is -0.456 e. The molecular weight excluding hydrogens is 691 g/mol. The van der Waals surface area contributed by atoms with Crippen molar-refractivity contribution < 1.29 is 4.42 Å². The summed E-state index contributed by atoms with van der Waals surface area (Å²) in [7, 11) is 0. The molecular formula is C50H29N3OS. The second-order valence-electron chi connectivity index (χ2n) is 14.1. The first kappa shape index (κ1) is 30.4. The molecule has 12 aromatic rings. The number of thiophene rings is 1. The van der Waals surface area contributed by atoms with E-state index in [0.717, 1.165) is 66.5 Å². The number of hydrogen-bond donors (Lipinski definition) is 0. The Kier molecular flexibility index (Phi) is 6.47. The van der Waals surface area contributed by atoms with Crippen LogP contribution in [0, 0.1) is 0 Å². The first-order chi connectivity index (χ1) is 27.2. The van der Waals surface area contributed by atoms with Crippen molar-refractivity contribution in [2.45, 2.75) is 0 Å². The molecule has 4 aromatic heterocycles. The summed E-state index contributed by atoms with van der Waals surface area (Å²) in [5.74, 6) is 0.680. The van der Waals surface area contributed by atoms with Gasteiger partial charge in [0.25, 0.3) is 0 Å². The number of benzene rings is 8. The molecule has 8 aromatic carbocycles. The molecule has 0 bridgehead atoms. The molecule has 256 valence electrons. The van der Waals surface area contributed by atoms with E-state index in [1.54, 1.807) is 0 Å². The summed E-state index contributed by atoms with van der Waals surface area (Å²) < 4.78 is 11.5. The molecule has 12 rings (SSSR count). The van der Waals surface area contributed by atoms with E-state index in [-0.39, 0.29) is 0 Å². The lowest BCUT2D eigenvalue weighted by Gasteiger charge is -2.10. The van der Waals surface area contributed by atoms with Crippen LogP contribution in [0.4, 0.5) is 0 Å². The topological polar surface area (TPSA) is 43.9 Å². The van der Waals surface area contributed by atoms with Gasteiger partial charge in [-0.1, -0.05) is 109 Å². The Balaban J connectivity index is 1.07. The van der Waals surface area contributed by atoms with Gasteiger partial charge in [-0.2, -0.15) is 0 Å². The highest BCUT2D eigenvalue weighted by atomic mass is 32.1. The lowest BCUT2D eigenvalue weighted by molar-refractivity contribution is 0.669. The summed E-state index contributed by atoms with van der Waals surface area (Å²) >= 11 is 1.86. The largest absolute Gasteiger partial charge is 0.456 e.